The van der Waals surface area contributed by atoms with Crippen molar-refractivity contribution in [3.05, 3.63) is 47.2 Å². The van der Waals surface area contributed by atoms with E-state index in [1.807, 2.05) is 7.05 Å². The maximum absolute atomic E-state index is 14.5. The first kappa shape index (κ1) is 26.8. The number of carbonyl (C=O) groups is 1. The van der Waals surface area contributed by atoms with Crippen LogP contribution >= 0.6 is 11.3 Å². The fourth-order valence-electron chi connectivity index (χ4n) is 4.47. The number of hydrogen-bond acceptors (Lipinski definition) is 8. The summed E-state index contributed by atoms with van der Waals surface area (Å²) in [5, 5.41) is 15.5. The van der Waals surface area contributed by atoms with Crippen LogP contribution in [0, 0.1) is 5.92 Å². The van der Waals surface area contributed by atoms with E-state index >= 15 is 0 Å². The predicted molar refractivity (Wildman–Crippen MR) is 137 cm³/mol. The minimum atomic E-state index is -4.70. The molecule has 4 rings (SSSR count). The largest absolute Gasteiger partial charge is 0.490 e. The Morgan fingerprint density at radius 2 is 2.08 bits per heavy atom. The Balaban J connectivity index is 1.73. The molecule has 1 fully saturated rings. The van der Waals surface area contributed by atoms with Crippen LogP contribution in [0.5, 0.6) is 5.75 Å². The third-order valence-corrected chi connectivity index (χ3v) is 6.82. The predicted octanol–water partition coefficient (Wildman–Crippen LogP) is 5.09. The van der Waals surface area contributed by atoms with E-state index in [2.05, 4.69) is 25.8 Å². The number of benzene rings is 1. The fourth-order valence-corrected chi connectivity index (χ4v) is 5.26. The van der Waals surface area contributed by atoms with Crippen molar-refractivity contribution in [2.75, 3.05) is 36.9 Å². The molecule has 2 aromatic heterocycles. The third-order valence-electron chi connectivity index (χ3n) is 5.93. The molecule has 2 N–H and O–H groups in total. The van der Waals surface area contributed by atoms with Gasteiger partial charge in [-0.3, -0.25) is 4.79 Å². The van der Waals surface area contributed by atoms with Crippen LogP contribution in [0.15, 0.2) is 36.0 Å². The first-order valence-corrected chi connectivity index (χ1v) is 12.9. The number of aromatic nitrogens is 3. The van der Waals surface area contributed by atoms with E-state index in [4.69, 9.17) is 4.74 Å². The second-order valence-corrected chi connectivity index (χ2v) is 9.99. The lowest BCUT2D eigenvalue weighted by Gasteiger charge is -2.37. The second kappa shape index (κ2) is 11.4. The van der Waals surface area contributed by atoms with E-state index in [9.17, 15) is 18.0 Å². The standard InChI is InChI=1S/C25H29F3N6O2S/c1-15(2)36-20-7-6-18(32-23(35)19-14-37-24(33-19)17-8-9-30-31-12-17)22(21(20)25(26,27)28)34-10-4-5-16(13-34)11-29-3/h6-9,12,14-16,29H,4-5,10-11,13H2,1-3H3,(H,32,35)/t16-/m0/s1. The summed E-state index contributed by atoms with van der Waals surface area (Å²) in [5.74, 6) is -0.680. The van der Waals surface area contributed by atoms with Crippen LogP contribution < -0.4 is 20.3 Å². The van der Waals surface area contributed by atoms with Gasteiger partial charge < -0.3 is 20.3 Å². The van der Waals surface area contributed by atoms with E-state index in [1.165, 1.54) is 35.9 Å². The first-order chi connectivity index (χ1) is 17.7. The van der Waals surface area contributed by atoms with E-state index in [-0.39, 0.29) is 28.7 Å². The Kier molecular flexibility index (Phi) is 8.28. The topological polar surface area (TPSA) is 92.3 Å². The molecule has 1 saturated heterocycles. The van der Waals surface area contributed by atoms with Crippen molar-refractivity contribution in [1.82, 2.24) is 20.5 Å². The molecule has 3 aromatic rings. The second-order valence-electron chi connectivity index (χ2n) is 9.13. The van der Waals surface area contributed by atoms with Gasteiger partial charge in [-0.2, -0.15) is 23.4 Å². The van der Waals surface area contributed by atoms with Crippen LogP contribution in [0.4, 0.5) is 24.5 Å². The number of rotatable bonds is 8. The van der Waals surface area contributed by atoms with E-state index in [1.54, 1.807) is 30.2 Å². The van der Waals surface area contributed by atoms with Gasteiger partial charge in [-0.1, -0.05) is 0 Å². The highest BCUT2D eigenvalue weighted by atomic mass is 32.1. The Labute approximate surface area is 217 Å². The summed E-state index contributed by atoms with van der Waals surface area (Å²) in [6.45, 7) is 4.91. The Morgan fingerprint density at radius 1 is 1.27 bits per heavy atom. The van der Waals surface area contributed by atoms with E-state index in [0.29, 0.717) is 30.2 Å². The molecular weight excluding hydrogens is 505 g/mol. The third kappa shape index (κ3) is 6.37. The summed E-state index contributed by atoms with van der Waals surface area (Å²) in [5.41, 5.74) is -0.0955. The van der Waals surface area contributed by atoms with Crippen molar-refractivity contribution in [2.24, 2.45) is 5.92 Å². The van der Waals surface area contributed by atoms with Gasteiger partial charge in [0.05, 0.1) is 29.9 Å². The zero-order valence-electron chi connectivity index (χ0n) is 20.8. The highest BCUT2D eigenvalue weighted by molar-refractivity contribution is 7.13. The zero-order chi connectivity index (χ0) is 26.6. The minimum absolute atomic E-state index is 0.0682. The minimum Gasteiger partial charge on any atom is -0.490 e. The molecule has 1 atom stereocenters. The SMILES string of the molecule is CNC[C@@H]1CCCN(c2c(NC(=O)c3csc(-c4ccnnc4)n3)ccc(OC(C)C)c2C(F)(F)F)C1. The van der Waals surface area contributed by atoms with Gasteiger partial charge in [-0.25, -0.2) is 4.98 Å². The van der Waals surface area contributed by atoms with Crippen molar-refractivity contribution < 1.29 is 22.7 Å². The van der Waals surface area contributed by atoms with Gasteiger partial charge in [0.15, 0.2) is 0 Å². The highest BCUT2D eigenvalue weighted by Crippen LogP contribution is 2.47. The normalized spacial score (nSPS) is 16.2. The number of alkyl halides is 3. The number of nitrogens with zero attached hydrogens (tertiary/aromatic N) is 4. The van der Waals surface area contributed by atoms with Gasteiger partial charge in [-0.15, -0.1) is 11.3 Å². The number of piperidine rings is 1. The molecule has 0 bridgehead atoms. The van der Waals surface area contributed by atoms with Crippen molar-refractivity contribution in [3.63, 3.8) is 0 Å². The highest BCUT2D eigenvalue weighted by Gasteiger charge is 2.41. The van der Waals surface area contributed by atoms with E-state index in [0.717, 1.165) is 12.8 Å². The van der Waals surface area contributed by atoms with E-state index < -0.39 is 23.8 Å². The zero-order valence-corrected chi connectivity index (χ0v) is 21.6. The molecule has 3 heterocycles. The lowest BCUT2D eigenvalue weighted by Crippen LogP contribution is -2.40. The molecule has 1 aliphatic rings. The lowest BCUT2D eigenvalue weighted by atomic mass is 9.96. The molecule has 198 valence electrons. The van der Waals surface area contributed by atoms with Crippen LogP contribution in [-0.4, -0.2) is 53.9 Å². The van der Waals surface area contributed by atoms with Gasteiger partial charge in [0.1, 0.15) is 22.0 Å². The van der Waals surface area contributed by atoms with Crippen molar-refractivity contribution >= 4 is 28.6 Å². The molecule has 8 nitrogen and oxygen atoms in total. The summed E-state index contributed by atoms with van der Waals surface area (Å²) >= 11 is 1.24. The van der Waals surface area contributed by atoms with Gasteiger partial charge in [0, 0.05) is 24.0 Å². The Morgan fingerprint density at radius 3 is 2.76 bits per heavy atom. The van der Waals surface area contributed by atoms with Crippen LogP contribution in [0.2, 0.25) is 0 Å². The van der Waals surface area contributed by atoms with Gasteiger partial charge >= 0.3 is 6.18 Å². The molecular formula is C25H29F3N6O2S. The number of hydrogen-bond donors (Lipinski definition) is 2. The molecule has 1 aromatic carbocycles. The van der Waals surface area contributed by atoms with Gasteiger partial charge in [0.2, 0.25) is 0 Å². The molecule has 1 aliphatic heterocycles. The van der Waals surface area contributed by atoms with Crippen LogP contribution in [0.1, 0.15) is 42.7 Å². The summed E-state index contributed by atoms with van der Waals surface area (Å²) < 4.78 is 49.2. The first-order valence-electron chi connectivity index (χ1n) is 12.0. The van der Waals surface area contributed by atoms with Crippen LogP contribution in [-0.2, 0) is 6.18 Å². The monoisotopic (exact) mass is 534 g/mol. The summed E-state index contributed by atoms with van der Waals surface area (Å²) in [6.07, 6.45) is -0.459. The average molecular weight is 535 g/mol. The maximum atomic E-state index is 14.5. The number of ether oxygens (including phenoxy) is 1. The smallest absolute Gasteiger partial charge is 0.422 e. The molecule has 0 spiro atoms. The molecule has 0 saturated carbocycles. The maximum Gasteiger partial charge on any atom is 0.422 e. The summed E-state index contributed by atoms with van der Waals surface area (Å²) in [6, 6.07) is 4.46. The number of carbonyl (C=O) groups excluding carboxylic acids is 1. The lowest BCUT2D eigenvalue weighted by molar-refractivity contribution is -0.138. The Hall–Kier alpha value is -3.25. The Bertz CT molecular complexity index is 1220. The molecule has 37 heavy (non-hydrogen) atoms. The van der Waals surface area contributed by atoms with Crippen molar-refractivity contribution in [3.8, 4) is 16.3 Å². The number of nitrogens with one attached hydrogen (secondary N) is 2. The van der Waals surface area contributed by atoms with Gasteiger partial charge in [0.25, 0.3) is 5.91 Å². The molecule has 1 amide bonds. The molecule has 12 heteroatoms. The van der Waals surface area contributed by atoms with Gasteiger partial charge in [-0.05, 0) is 64.4 Å². The number of thiazole rings is 1. The van der Waals surface area contributed by atoms with Crippen molar-refractivity contribution in [1.29, 1.82) is 0 Å². The number of anilines is 2. The fraction of sp³-hybridized carbons (Fsp3) is 0.440. The summed E-state index contributed by atoms with van der Waals surface area (Å²) in [7, 11) is 1.83. The number of halogens is 3. The summed E-state index contributed by atoms with van der Waals surface area (Å²) in [4.78, 5) is 19.2. The van der Waals surface area contributed by atoms with Crippen LogP contribution in [0.3, 0.4) is 0 Å². The van der Waals surface area contributed by atoms with Crippen LogP contribution in [0.25, 0.3) is 10.6 Å². The number of amides is 1. The van der Waals surface area contributed by atoms with Crippen molar-refractivity contribution in [2.45, 2.75) is 39.0 Å². The molecule has 0 radical (unpaired) electrons. The molecule has 0 unspecified atom stereocenters. The quantitative estimate of drug-likeness (QED) is 0.416. The average Bonchev–Trinajstić information content (AvgIpc) is 3.35. The molecule has 0 aliphatic carbocycles.